The molecule has 1 aliphatic carbocycles. The van der Waals surface area contributed by atoms with E-state index >= 15 is 0 Å². The van der Waals surface area contributed by atoms with Crippen molar-refractivity contribution in [2.45, 2.75) is 42.7 Å². The lowest BCUT2D eigenvalue weighted by molar-refractivity contribution is 0.0433. The zero-order chi connectivity index (χ0) is 21.4. The predicted molar refractivity (Wildman–Crippen MR) is 119 cm³/mol. The molecule has 2 aliphatic heterocycles. The maximum atomic E-state index is 13.4. The van der Waals surface area contributed by atoms with Gasteiger partial charge in [0.25, 0.3) is 5.91 Å². The average Bonchev–Trinajstić information content (AvgIpc) is 3.51. The molecule has 1 amide bonds. The van der Waals surface area contributed by atoms with Gasteiger partial charge in [-0.15, -0.1) is 0 Å². The van der Waals surface area contributed by atoms with Gasteiger partial charge in [0.05, 0.1) is 10.9 Å². The normalized spacial score (nSPS) is 23.2. The van der Waals surface area contributed by atoms with E-state index in [1.54, 1.807) is 24.3 Å². The zero-order valence-electron chi connectivity index (χ0n) is 17.7. The zero-order valence-corrected chi connectivity index (χ0v) is 18.5. The fraction of sp³-hybridized carbons (Fsp3) is 0.458. The summed E-state index contributed by atoms with van der Waals surface area (Å²) >= 11 is 0. The Labute approximate surface area is 184 Å². The van der Waals surface area contributed by atoms with Gasteiger partial charge < -0.3 is 4.90 Å². The number of hydrogen-bond donors (Lipinski definition) is 0. The minimum absolute atomic E-state index is 0.0102. The van der Waals surface area contributed by atoms with Gasteiger partial charge in [-0.2, -0.15) is 4.31 Å². The molecule has 1 unspecified atom stereocenters. The van der Waals surface area contributed by atoms with Gasteiger partial charge in [-0.3, -0.25) is 9.69 Å². The number of hydrogen-bond acceptors (Lipinski definition) is 4. The SMILES string of the molecule is O=C(c1ccc(S(=O)(=O)N2CCCC2)cc1)N1CCN(C2CC2)CC1c1ccccc1. The Morgan fingerprint density at radius 1 is 0.839 bits per heavy atom. The minimum atomic E-state index is -3.47. The Kier molecular flexibility index (Phi) is 5.58. The van der Waals surface area contributed by atoms with Gasteiger partial charge in [0, 0.05) is 44.3 Å². The van der Waals surface area contributed by atoms with Crippen LogP contribution in [0.1, 0.15) is 47.6 Å². The molecule has 31 heavy (non-hydrogen) atoms. The first-order valence-electron chi connectivity index (χ1n) is 11.2. The third kappa shape index (κ3) is 4.14. The molecule has 2 aromatic rings. The molecule has 2 heterocycles. The number of rotatable bonds is 5. The first-order valence-corrected chi connectivity index (χ1v) is 12.7. The van der Waals surface area contributed by atoms with Crippen LogP contribution >= 0.6 is 0 Å². The lowest BCUT2D eigenvalue weighted by Gasteiger charge is -2.42. The van der Waals surface area contributed by atoms with E-state index in [1.807, 2.05) is 23.1 Å². The maximum absolute atomic E-state index is 13.4. The van der Waals surface area contributed by atoms with Crippen LogP contribution in [0.4, 0.5) is 0 Å². The van der Waals surface area contributed by atoms with Crippen molar-refractivity contribution in [3.63, 3.8) is 0 Å². The molecule has 1 saturated carbocycles. The maximum Gasteiger partial charge on any atom is 0.254 e. The number of piperazine rings is 1. The van der Waals surface area contributed by atoms with Crippen molar-refractivity contribution in [3.05, 3.63) is 65.7 Å². The van der Waals surface area contributed by atoms with E-state index in [4.69, 9.17) is 0 Å². The van der Waals surface area contributed by atoms with Gasteiger partial charge >= 0.3 is 0 Å². The monoisotopic (exact) mass is 439 g/mol. The molecule has 3 fully saturated rings. The number of nitrogens with zero attached hydrogens (tertiary/aromatic N) is 3. The van der Waals surface area contributed by atoms with Gasteiger partial charge in [0.1, 0.15) is 0 Å². The molecule has 0 spiro atoms. The molecular formula is C24H29N3O3S. The van der Waals surface area contributed by atoms with E-state index in [0.717, 1.165) is 31.5 Å². The molecule has 5 rings (SSSR count). The van der Waals surface area contributed by atoms with Crippen molar-refractivity contribution in [1.82, 2.24) is 14.1 Å². The molecular weight excluding hydrogens is 410 g/mol. The highest BCUT2D eigenvalue weighted by molar-refractivity contribution is 7.89. The molecule has 3 aliphatic rings. The molecule has 1 atom stereocenters. The van der Waals surface area contributed by atoms with E-state index in [0.29, 0.717) is 31.2 Å². The summed E-state index contributed by atoms with van der Waals surface area (Å²) in [5, 5.41) is 0. The van der Waals surface area contributed by atoms with Gasteiger partial charge in [-0.05, 0) is 55.5 Å². The highest BCUT2D eigenvalue weighted by Crippen LogP contribution is 2.34. The molecule has 2 aromatic carbocycles. The second kappa shape index (κ2) is 8.37. The van der Waals surface area contributed by atoms with Crippen molar-refractivity contribution >= 4 is 15.9 Å². The Morgan fingerprint density at radius 2 is 1.52 bits per heavy atom. The quantitative estimate of drug-likeness (QED) is 0.718. The second-order valence-corrected chi connectivity index (χ2v) is 10.7. The van der Waals surface area contributed by atoms with Crippen LogP contribution in [0.15, 0.2) is 59.5 Å². The van der Waals surface area contributed by atoms with Crippen molar-refractivity contribution < 1.29 is 13.2 Å². The fourth-order valence-corrected chi connectivity index (χ4v) is 6.31. The fourth-order valence-electron chi connectivity index (χ4n) is 4.79. The summed E-state index contributed by atoms with van der Waals surface area (Å²) in [6.07, 6.45) is 4.32. The van der Waals surface area contributed by atoms with Gasteiger partial charge in [0.2, 0.25) is 10.0 Å². The van der Waals surface area contributed by atoms with Crippen molar-refractivity contribution in [2.24, 2.45) is 0 Å². The van der Waals surface area contributed by atoms with E-state index < -0.39 is 10.0 Å². The van der Waals surface area contributed by atoms with E-state index in [1.165, 1.54) is 17.1 Å². The molecule has 0 aromatic heterocycles. The summed E-state index contributed by atoms with van der Waals surface area (Å²) in [6.45, 7) is 3.58. The third-order valence-corrected chi connectivity index (χ3v) is 8.64. The number of carbonyl (C=O) groups excluding carboxylic acids is 1. The summed E-state index contributed by atoms with van der Waals surface area (Å²) in [6, 6.07) is 17.4. The van der Waals surface area contributed by atoms with Crippen LogP contribution < -0.4 is 0 Å². The van der Waals surface area contributed by atoms with Crippen LogP contribution in [-0.2, 0) is 10.0 Å². The van der Waals surface area contributed by atoms with Crippen LogP contribution in [0, 0.1) is 0 Å². The van der Waals surface area contributed by atoms with E-state index in [-0.39, 0.29) is 16.8 Å². The summed E-state index contributed by atoms with van der Waals surface area (Å²) in [5.74, 6) is -0.0329. The first kappa shape index (κ1) is 20.7. The standard InChI is InChI=1S/C24H29N3O3S/c28-24(20-8-12-22(13-9-20)31(29,30)26-14-4-5-15-26)27-17-16-25(21-10-11-21)18-23(27)19-6-2-1-3-7-19/h1-3,6-9,12-13,21,23H,4-5,10-11,14-18H2. The smallest absolute Gasteiger partial charge is 0.254 e. The predicted octanol–water partition coefficient (Wildman–Crippen LogP) is 3.13. The van der Waals surface area contributed by atoms with Crippen LogP contribution in [0.2, 0.25) is 0 Å². The molecule has 2 saturated heterocycles. The molecule has 164 valence electrons. The molecule has 7 heteroatoms. The summed E-state index contributed by atoms with van der Waals surface area (Å²) < 4.78 is 27.1. The van der Waals surface area contributed by atoms with Crippen molar-refractivity contribution in [2.75, 3.05) is 32.7 Å². The third-order valence-electron chi connectivity index (χ3n) is 6.72. The number of carbonyl (C=O) groups is 1. The minimum Gasteiger partial charge on any atom is -0.329 e. The van der Waals surface area contributed by atoms with Gasteiger partial charge in [-0.25, -0.2) is 8.42 Å². The van der Waals surface area contributed by atoms with Crippen molar-refractivity contribution in [1.29, 1.82) is 0 Å². The second-order valence-electron chi connectivity index (χ2n) is 8.79. The highest BCUT2D eigenvalue weighted by Gasteiger charge is 2.38. The molecule has 0 bridgehead atoms. The number of benzene rings is 2. The molecule has 0 radical (unpaired) electrons. The van der Waals surface area contributed by atoms with E-state index in [2.05, 4.69) is 17.0 Å². The number of amides is 1. The summed E-state index contributed by atoms with van der Waals surface area (Å²) in [7, 11) is -3.47. The Hall–Kier alpha value is -2.22. The summed E-state index contributed by atoms with van der Waals surface area (Å²) in [5.41, 5.74) is 1.69. The van der Waals surface area contributed by atoms with Gasteiger partial charge in [0.15, 0.2) is 0 Å². The largest absolute Gasteiger partial charge is 0.329 e. The topological polar surface area (TPSA) is 60.9 Å². The van der Waals surface area contributed by atoms with Crippen LogP contribution in [0.3, 0.4) is 0 Å². The van der Waals surface area contributed by atoms with E-state index in [9.17, 15) is 13.2 Å². The Bertz CT molecular complexity index is 1030. The first-order chi connectivity index (χ1) is 15.0. The molecule has 6 nitrogen and oxygen atoms in total. The Balaban J connectivity index is 1.37. The van der Waals surface area contributed by atoms with Crippen LogP contribution in [0.25, 0.3) is 0 Å². The van der Waals surface area contributed by atoms with Crippen LogP contribution in [-0.4, -0.2) is 67.2 Å². The molecule has 0 N–H and O–H groups in total. The highest BCUT2D eigenvalue weighted by atomic mass is 32.2. The van der Waals surface area contributed by atoms with Crippen LogP contribution in [0.5, 0.6) is 0 Å². The van der Waals surface area contributed by atoms with Crippen molar-refractivity contribution in [3.8, 4) is 0 Å². The Morgan fingerprint density at radius 3 is 2.16 bits per heavy atom. The van der Waals surface area contributed by atoms with Gasteiger partial charge in [-0.1, -0.05) is 30.3 Å². The number of sulfonamides is 1. The lowest BCUT2D eigenvalue weighted by Crippen LogP contribution is -2.51. The average molecular weight is 440 g/mol. The lowest BCUT2D eigenvalue weighted by atomic mass is 10.0. The summed E-state index contributed by atoms with van der Waals surface area (Å²) in [4.78, 5) is 18.2.